The van der Waals surface area contributed by atoms with Crippen molar-refractivity contribution in [2.75, 3.05) is 4.90 Å². The van der Waals surface area contributed by atoms with Crippen LogP contribution in [0.15, 0.2) is 66.7 Å². The van der Waals surface area contributed by atoms with Gasteiger partial charge < -0.3 is 0 Å². The lowest BCUT2D eigenvalue weighted by Crippen LogP contribution is -2.31. The lowest BCUT2D eigenvalue weighted by Gasteiger charge is -2.21. The second-order valence-corrected chi connectivity index (χ2v) is 8.63. The second kappa shape index (κ2) is 8.36. The first-order valence-corrected chi connectivity index (χ1v) is 10.7. The predicted molar refractivity (Wildman–Crippen MR) is 122 cm³/mol. The van der Waals surface area contributed by atoms with Crippen LogP contribution in [0.2, 0.25) is 5.02 Å². The largest absolute Gasteiger partial charge is 0.283 e. The quantitative estimate of drug-likeness (QED) is 0.377. The van der Waals surface area contributed by atoms with Crippen LogP contribution >= 0.6 is 22.9 Å². The van der Waals surface area contributed by atoms with Gasteiger partial charge in [0.15, 0.2) is 5.13 Å². The Labute approximate surface area is 179 Å². The number of carbonyl (C=O) groups is 1. The Kier molecular flexibility index (Phi) is 5.65. The standard InChI is InChI=1S/C24H21ClN2OS/c1-16-8-9-17(2)19(12-16)13-23(28)27(15-18-6-4-3-5-7-18)24-26-21-11-10-20(25)14-22(21)29-24/h3-12,14H,13,15H2,1-2H3. The molecule has 0 atom stereocenters. The van der Waals surface area contributed by atoms with Crippen molar-refractivity contribution in [2.24, 2.45) is 0 Å². The molecule has 0 fully saturated rings. The van der Waals surface area contributed by atoms with E-state index in [1.807, 2.05) is 62.4 Å². The maximum Gasteiger partial charge on any atom is 0.233 e. The summed E-state index contributed by atoms with van der Waals surface area (Å²) in [5, 5.41) is 1.37. The van der Waals surface area contributed by atoms with E-state index in [2.05, 4.69) is 18.2 Å². The molecule has 4 rings (SSSR count). The van der Waals surface area contributed by atoms with Crippen molar-refractivity contribution >= 4 is 44.2 Å². The van der Waals surface area contributed by atoms with Crippen LogP contribution in [-0.4, -0.2) is 10.9 Å². The summed E-state index contributed by atoms with van der Waals surface area (Å²) in [4.78, 5) is 19.9. The fraction of sp³-hybridized carbons (Fsp3) is 0.167. The molecule has 3 aromatic carbocycles. The Bertz CT molecular complexity index is 1170. The SMILES string of the molecule is Cc1ccc(C)c(CC(=O)N(Cc2ccccc2)c2nc3ccc(Cl)cc3s2)c1. The Morgan fingerprint density at radius 2 is 1.83 bits per heavy atom. The number of amides is 1. The van der Waals surface area contributed by atoms with E-state index in [1.165, 1.54) is 11.3 Å². The van der Waals surface area contributed by atoms with Gasteiger partial charge in [0.05, 0.1) is 23.2 Å². The van der Waals surface area contributed by atoms with Crippen LogP contribution in [0.3, 0.4) is 0 Å². The number of thiazole rings is 1. The summed E-state index contributed by atoms with van der Waals surface area (Å²) < 4.78 is 0.977. The maximum atomic E-state index is 13.4. The maximum absolute atomic E-state index is 13.4. The van der Waals surface area contributed by atoms with Crippen molar-refractivity contribution in [1.29, 1.82) is 0 Å². The lowest BCUT2D eigenvalue weighted by molar-refractivity contribution is -0.118. The normalized spacial score (nSPS) is 11.0. The Morgan fingerprint density at radius 1 is 1.03 bits per heavy atom. The van der Waals surface area contributed by atoms with Crippen molar-refractivity contribution in [3.8, 4) is 0 Å². The zero-order valence-corrected chi connectivity index (χ0v) is 17.9. The van der Waals surface area contributed by atoms with Crippen LogP contribution in [0, 0.1) is 13.8 Å². The van der Waals surface area contributed by atoms with Crippen LogP contribution < -0.4 is 4.90 Å². The number of carbonyl (C=O) groups excluding carboxylic acids is 1. The molecule has 0 radical (unpaired) electrons. The van der Waals surface area contributed by atoms with Crippen molar-refractivity contribution in [3.05, 3.63) is 94.0 Å². The van der Waals surface area contributed by atoms with Crippen molar-refractivity contribution in [2.45, 2.75) is 26.8 Å². The fourth-order valence-electron chi connectivity index (χ4n) is 3.28. The van der Waals surface area contributed by atoms with Crippen LogP contribution in [0.25, 0.3) is 10.2 Å². The van der Waals surface area contributed by atoms with E-state index in [0.717, 1.165) is 32.5 Å². The molecular weight excluding hydrogens is 400 g/mol. The zero-order chi connectivity index (χ0) is 20.4. The summed E-state index contributed by atoms with van der Waals surface area (Å²) in [5.74, 6) is 0.0349. The third kappa shape index (κ3) is 4.50. The zero-order valence-electron chi connectivity index (χ0n) is 16.4. The molecule has 1 aromatic heterocycles. The molecular formula is C24H21ClN2OS. The molecule has 3 nitrogen and oxygen atoms in total. The molecule has 29 heavy (non-hydrogen) atoms. The summed E-state index contributed by atoms with van der Waals surface area (Å²) in [6.07, 6.45) is 0.344. The molecule has 0 N–H and O–H groups in total. The van der Waals surface area contributed by atoms with Crippen LogP contribution in [0.1, 0.15) is 22.3 Å². The van der Waals surface area contributed by atoms with Gasteiger partial charge in [-0.15, -0.1) is 0 Å². The number of fused-ring (bicyclic) bond motifs is 1. The van der Waals surface area contributed by atoms with E-state index in [4.69, 9.17) is 16.6 Å². The molecule has 0 aliphatic heterocycles. The minimum absolute atomic E-state index is 0.0349. The highest BCUT2D eigenvalue weighted by molar-refractivity contribution is 7.22. The molecule has 0 aliphatic rings. The van der Waals surface area contributed by atoms with Crippen molar-refractivity contribution in [3.63, 3.8) is 0 Å². The van der Waals surface area contributed by atoms with Gasteiger partial charge in [-0.05, 0) is 48.7 Å². The van der Waals surface area contributed by atoms with Gasteiger partial charge in [0.1, 0.15) is 0 Å². The van der Waals surface area contributed by atoms with Gasteiger partial charge in [-0.3, -0.25) is 9.69 Å². The number of aryl methyl sites for hydroxylation is 2. The van der Waals surface area contributed by atoms with Crippen LogP contribution in [0.4, 0.5) is 5.13 Å². The third-order valence-electron chi connectivity index (χ3n) is 4.90. The van der Waals surface area contributed by atoms with E-state index < -0.39 is 0 Å². The third-order valence-corrected chi connectivity index (χ3v) is 6.18. The number of anilines is 1. The van der Waals surface area contributed by atoms with E-state index in [1.54, 1.807) is 4.90 Å². The number of aromatic nitrogens is 1. The molecule has 1 heterocycles. The number of halogens is 1. The topological polar surface area (TPSA) is 33.2 Å². The Balaban J connectivity index is 1.70. The summed E-state index contributed by atoms with van der Waals surface area (Å²) in [7, 11) is 0. The van der Waals surface area contributed by atoms with Gasteiger partial charge in [-0.25, -0.2) is 4.98 Å². The molecule has 0 bridgehead atoms. The predicted octanol–water partition coefficient (Wildman–Crippen LogP) is 6.34. The van der Waals surface area contributed by atoms with E-state index in [0.29, 0.717) is 23.1 Å². The number of benzene rings is 3. The van der Waals surface area contributed by atoms with Gasteiger partial charge in [-0.2, -0.15) is 0 Å². The molecule has 0 saturated carbocycles. The molecule has 0 spiro atoms. The molecule has 0 aliphatic carbocycles. The van der Waals surface area contributed by atoms with E-state index in [-0.39, 0.29) is 5.91 Å². The second-order valence-electron chi connectivity index (χ2n) is 7.18. The van der Waals surface area contributed by atoms with Crippen LogP contribution in [0.5, 0.6) is 0 Å². The van der Waals surface area contributed by atoms with Crippen LogP contribution in [-0.2, 0) is 17.8 Å². The van der Waals surface area contributed by atoms with Crippen molar-refractivity contribution in [1.82, 2.24) is 4.98 Å². The highest BCUT2D eigenvalue weighted by Gasteiger charge is 2.21. The van der Waals surface area contributed by atoms with Gasteiger partial charge in [-0.1, -0.05) is 77.0 Å². The molecule has 4 aromatic rings. The van der Waals surface area contributed by atoms with Gasteiger partial charge in [0.2, 0.25) is 5.91 Å². The van der Waals surface area contributed by atoms with Gasteiger partial charge in [0.25, 0.3) is 0 Å². The highest BCUT2D eigenvalue weighted by atomic mass is 35.5. The summed E-state index contributed by atoms with van der Waals surface area (Å²) in [5.41, 5.74) is 5.26. The smallest absolute Gasteiger partial charge is 0.233 e. The number of hydrogen-bond acceptors (Lipinski definition) is 3. The summed E-state index contributed by atoms with van der Waals surface area (Å²) in [6, 6.07) is 21.9. The number of hydrogen-bond donors (Lipinski definition) is 0. The van der Waals surface area contributed by atoms with E-state index in [9.17, 15) is 4.79 Å². The molecule has 1 amide bonds. The molecule has 0 unspecified atom stereocenters. The molecule has 5 heteroatoms. The van der Waals surface area contributed by atoms with Crippen molar-refractivity contribution < 1.29 is 4.79 Å². The Morgan fingerprint density at radius 3 is 2.62 bits per heavy atom. The van der Waals surface area contributed by atoms with Gasteiger partial charge in [0, 0.05) is 5.02 Å². The molecule has 146 valence electrons. The minimum atomic E-state index is 0.0349. The first-order chi connectivity index (χ1) is 14.0. The highest BCUT2D eigenvalue weighted by Crippen LogP contribution is 2.32. The lowest BCUT2D eigenvalue weighted by atomic mass is 10.0. The van der Waals surface area contributed by atoms with Gasteiger partial charge >= 0.3 is 0 Å². The monoisotopic (exact) mass is 420 g/mol. The Hall–Kier alpha value is -2.69. The fourth-order valence-corrected chi connectivity index (χ4v) is 4.54. The summed E-state index contributed by atoms with van der Waals surface area (Å²) >= 11 is 7.63. The first-order valence-electron chi connectivity index (χ1n) is 9.46. The first kappa shape index (κ1) is 19.6. The number of rotatable bonds is 5. The van der Waals surface area contributed by atoms with E-state index >= 15 is 0 Å². The average Bonchev–Trinajstić information content (AvgIpc) is 3.12. The number of nitrogens with zero attached hydrogens (tertiary/aromatic N) is 2. The minimum Gasteiger partial charge on any atom is -0.283 e. The summed E-state index contributed by atoms with van der Waals surface area (Å²) in [6.45, 7) is 4.58. The average molecular weight is 421 g/mol. The molecule has 0 saturated heterocycles.